The van der Waals surface area contributed by atoms with E-state index >= 15 is 0 Å². The molecule has 1 heterocycles. The van der Waals surface area contributed by atoms with Gasteiger partial charge in [0.25, 0.3) is 0 Å². The number of aromatic nitrogens is 1. The van der Waals surface area contributed by atoms with Gasteiger partial charge in [-0.2, -0.15) is 13.2 Å². The van der Waals surface area contributed by atoms with Crippen LogP contribution in [0.15, 0.2) is 0 Å². The van der Waals surface area contributed by atoms with Gasteiger partial charge in [0.15, 0.2) is 0 Å². The first kappa shape index (κ1) is 14.0. The molecule has 0 spiro atoms. The number of halogens is 3. The van der Waals surface area contributed by atoms with Crippen LogP contribution in [0.5, 0.6) is 0 Å². The summed E-state index contributed by atoms with van der Waals surface area (Å²) in [6.07, 6.45) is -4.27. The van der Waals surface area contributed by atoms with Gasteiger partial charge in [-0.05, 0) is 6.42 Å². The molecule has 0 saturated heterocycles. The monoisotopic (exact) mass is 267 g/mol. The number of aromatic carboxylic acids is 1. The molecule has 1 rings (SSSR count). The molecule has 0 aliphatic carbocycles. The van der Waals surface area contributed by atoms with Gasteiger partial charge in [0, 0.05) is 12.8 Å². The molecule has 0 atom stereocenters. The summed E-state index contributed by atoms with van der Waals surface area (Å²) in [4.78, 5) is 14.9. The number of aryl methyl sites for hydroxylation is 2. The second-order valence-electron chi connectivity index (χ2n) is 3.55. The van der Waals surface area contributed by atoms with E-state index in [2.05, 4.69) is 4.98 Å². The van der Waals surface area contributed by atoms with Crippen LogP contribution in [0.1, 0.15) is 40.1 Å². The highest BCUT2D eigenvalue weighted by atomic mass is 32.1. The van der Waals surface area contributed by atoms with E-state index < -0.39 is 18.6 Å². The lowest BCUT2D eigenvalue weighted by atomic mass is 10.2. The zero-order valence-electron chi connectivity index (χ0n) is 9.17. The molecule has 0 aromatic carbocycles. The van der Waals surface area contributed by atoms with Crippen LogP contribution in [0, 0.1) is 0 Å². The molecular weight excluding hydrogens is 255 g/mol. The molecular formula is C10H12F3NO2S. The largest absolute Gasteiger partial charge is 0.477 e. The van der Waals surface area contributed by atoms with E-state index in [9.17, 15) is 18.0 Å². The molecule has 0 saturated carbocycles. The number of carboxylic acid groups (broad SMARTS) is 1. The highest BCUT2D eigenvalue weighted by Crippen LogP contribution is 2.26. The minimum absolute atomic E-state index is 0.0593. The van der Waals surface area contributed by atoms with E-state index in [-0.39, 0.29) is 16.3 Å². The quantitative estimate of drug-likeness (QED) is 0.890. The Balaban J connectivity index is 2.81. The number of thiazole rings is 1. The molecule has 0 bridgehead atoms. The first-order chi connectivity index (χ1) is 7.83. The van der Waals surface area contributed by atoms with Gasteiger partial charge in [-0.25, -0.2) is 9.78 Å². The van der Waals surface area contributed by atoms with Gasteiger partial charge < -0.3 is 5.11 Å². The molecule has 0 aliphatic heterocycles. The molecule has 7 heteroatoms. The van der Waals surface area contributed by atoms with Crippen LogP contribution in [-0.2, 0) is 12.8 Å². The number of carbonyl (C=O) groups is 1. The first-order valence-corrected chi connectivity index (χ1v) is 5.93. The molecule has 0 unspecified atom stereocenters. The zero-order valence-corrected chi connectivity index (χ0v) is 9.99. The average molecular weight is 267 g/mol. The van der Waals surface area contributed by atoms with Crippen LogP contribution in [0.25, 0.3) is 0 Å². The minimum atomic E-state index is -4.24. The maximum Gasteiger partial charge on any atom is 0.389 e. The summed E-state index contributed by atoms with van der Waals surface area (Å²) in [5, 5.41) is 9.12. The van der Waals surface area contributed by atoms with Gasteiger partial charge in [-0.1, -0.05) is 13.3 Å². The van der Waals surface area contributed by atoms with Gasteiger partial charge in [0.1, 0.15) is 4.88 Å². The summed E-state index contributed by atoms with van der Waals surface area (Å²) >= 11 is 0.838. The van der Waals surface area contributed by atoms with E-state index in [1.165, 1.54) is 0 Å². The lowest BCUT2D eigenvalue weighted by Gasteiger charge is -2.02. The Kier molecular flexibility index (Phi) is 4.50. The van der Waals surface area contributed by atoms with Crippen LogP contribution in [0.4, 0.5) is 13.2 Å². The number of hydrogen-bond donors (Lipinski definition) is 1. The van der Waals surface area contributed by atoms with Crippen molar-refractivity contribution in [2.45, 2.75) is 38.8 Å². The fourth-order valence-electron chi connectivity index (χ4n) is 1.33. The summed E-state index contributed by atoms with van der Waals surface area (Å²) in [6.45, 7) is 1.86. The Morgan fingerprint density at radius 2 is 2.06 bits per heavy atom. The van der Waals surface area contributed by atoms with Gasteiger partial charge >= 0.3 is 12.1 Å². The van der Waals surface area contributed by atoms with Crippen molar-refractivity contribution in [1.82, 2.24) is 4.98 Å². The van der Waals surface area contributed by atoms with Crippen molar-refractivity contribution in [3.05, 3.63) is 15.6 Å². The van der Waals surface area contributed by atoms with E-state index in [1.807, 2.05) is 6.92 Å². The lowest BCUT2D eigenvalue weighted by Crippen LogP contribution is -2.08. The third kappa shape index (κ3) is 4.33. The fourth-order valence-corrected chi connectivity index (χ4v) is 2.28. The number of alkyl halides is 3. The molecule has 0 radical (unpaired) electrons. The lowest BCUT2D eigenvalue weighted by molar-refractivity contribution is -0.134. The maximum absolute atomic E-state index is 12.0. The number of hydrogen-bond acceptors (Lipinski definition) is 3. The Morgan fingerprint density at radius 1 is 1.41 bits per heavy atom. The third-order valence-electron chi connectivity index (χ3n) is 2.05. The molecule has 96 valence electrons. The summed E-state index contributed by atoms with van der Waals surface area (Å²) in [5.41, 5.74) is 0.391. The third-order valence-corrected chi connectivity index (χ3v) is 3.19. The smallest absolute Gasteiger partial charge is 0.389 e. The van der Waals surface area contributed by atoms with Crippen molar-refractivity contribution in [2.24, 2.45) is 0 Å². The van der Waals surface area contributed by atoms with E-state index in [1.54, 1.807) is 0 Å². The summed E-state index contributed by atoms with van der Waals surface area (Å²) in [5.74, 6) is -1.12. The summed E-state index contributed by atoms with van der Waals surface area (Å²) in [6, 6.07) is 0. The van der Waals surface area contributed by atoms with Crippen LogP contribution < -0.4 is 0 Å². The normalized spacial score (nSPS) is 11.8. The standard InChI is InChI=1S/C10H12F3NO2S/c1-2-3-6-8(9(15)16)17-7(14-6)4-5-10(11,12)13/h2-5H2,1H3,(H,15,16). The molecule has 0 amide bonds. The number of nitrogens with zero attached hydrogens (tertiary/aromatic N) is 1. The predicted molar refractivity (Wildman–Crippen MR) is 57.4 cm³/mol. The molecule has 1 aromatic heterocycles. The predicted octanol–water partition coefficient (Wildman–Crippen LogP) is 3.29. The van der Waals surface area contributed by atoms with E-state index in [4.69, 9.17) is 5.11 Å². The Labute approximate surface area is 100 Å². The van der Waals surface area contributed by atoms with Crippen molar-refractivity contribution in [3.8, 4) is 0 Å². The van der Waals surface area contributed by atoms with Crippen molar-refractivity contribution in [2.75, 3.05) is 0 Å². The minimum Gasteiger partial charge on any atom is -0.477 e. The Morgan fingerprint density at radius 3 is 2.53 bits per heavy atom. The molecule has 0 aliphatic rings. The maximum atomic E-state index is 12.0. The van der Waals surface area contributed by atoms with Crippen molar-refractivity contribution in [1.29, 1.82) is 0 Å². The van der Waals surface area contributed by atoms with Gasteiger partial charge in [0.2, 0.25) is 0 Å². The zero-order chi connectivity index (χ0) is 13.1. The summed E-state index contributed by atoms with van der Waals surface area (Å²) in [7, 11) is 0. The second-order valence-corrected chi connectivity index (χ2v) is 4.64. The van der Waals surface area contributed by atoms with Crippen LogP contribution in [0.2, 0.25) is 0 Å². The molecule has 1 N–H and O–H groups in total. The molecule has 1 aromatic rings. The van der Waals surface area contributed by atoms with Gasteiger partial charge in [-0.3, -0.25) is 0 Å². The SMILES string of the molecule is CCCc1nc(CCC(F)(F)F)sc1C(=O)O. The van der Waals surface area contributed by atoms with Crippen LogP contribution >= 0.6 is 11.3 Å². The molecule has 0 fully saturated rings. The molecule has 17 heavy (non-hydrogen) atoms. The Bertz CT molecular complexity index is 401. The van der Waals surface area contributed by atoms with Gasteiger partial charge in [0.05, 0.1) is 10.7 Å². The topological polar surface area (TPSA) is 50.2 Å². The highest BCUT2D eigenvalue weighted by Gasteiger charge is 2.28. The Hall–Kier alpha value is -1.11. The van der Waals surface area contributed by atoms with Crippen LogP contribution in [0.3, 0.4) is 0 Å². The number of rotatable bonds is 5. The highest BCUT2D eigenvalue weighted by molar-refractivity contribution is 7.13. The molecule has 3 nitrogen and oxygen atoms in total. The van der Waals surface area contributed by atoms with E-state index in [0.29, 0.717) is 18.5 Å². The van der Waals surface area contributed by atoms with E-state index in [0.717, 1.165) is 11.3 Å². The summed E-state index contributed by atoms with van der Waals surface area (Å²) < 4.78 is 36.0. The second kappa shape index (κ2) is 5.48. The number of carboxylic acids is 1. The van der Waals surface area contributed by atoms with Crippen molar-refractivity contribution < 1.29 is 23.1 Å². The average Bonchev–Trinajstić information content (AvgIpc) is 2.58. The fraction of sp³-hybridized carbons (Fsp3) is 0.600. The first-order valence-electron chi connectivity index (χ1n) is 5.12. The van der Waals surface area contributed by atoms with Gasteiger partial charge in [-0.15, -0.1) is 11.3 Å². The van der Waals surface area contributed by atoms with Crippen molar-refractivity contribution >= 4 is 17.3 Å². The van der Waals surface area contributed by atoms with Crippen molar-refractivity contribution in [3.63, 3.8) is 0 Å². The van der Waals surface area contributed by atoms with Crippen LogP contribution in [-0.4, -0.2) is 22.2 Å².